The summed E-state index contributed by atoms with van der Waals surface area (Å²) in [5.41, 5.74) is 8.22. The average Bonchev–Trinajstić information content (AvgIpc) is 2.66. The molecule has 1 saturated heterocycles. The van der Waals surface area contributed by atoms with Crippen molar-refractivity contribution in [2.75, 3.05) is 26.3 Å². The number of nitrogens with zero attached hydrogens (tertiary/aromatic N) is 4. The van der Waals surface area contributed by atoms with E-state index in [1.807, 2.05) is 4.90 Å². The molecule has 0 radical (unpaired) electrons. The van der Waals surface area contributed by atoms with Gasteiger partial charge in [-0.2, -0.15) is 0 Å². The van der Waals surface area contributed by atoms with Gasteiger partial charge in [-0.15, -0.1) is 0 Å². The summed E-state index contributed by atoms with van der Waals surface area (Å²) in [6.45, 7) is 1.91. The van der Waals surface area contributed by atoms with Crippen molar-refractivity contribution in [2.24, 2.45) is 11.0 Å². The minimum Gasteiger partial charge on any atom is -0.379 e. The second-order valence-electron chi connectivity index (χ2n) is 4.31. The molecule has 88 valence electrons. The Morgan fingerprint density at radius 3 is 3.25 bits per heavy atom. The lowest BCUT2D eigenvalue weighted by Gasteiger charge is -2.29. The van der Waals surface area contributed by atoms with Crippen LogP contribution in [0.3, 0.4) is 0 Å². The van der Waals surface area contributed by atoms with Gasteiger partial charge in [0, 0.05) is 23.4 Å². The van der Waals surface area contributed by atoms with Gasteiger partial charge in [-0.05, 0) is 18.4 Å². The Kier molecular flexibility index (Phi) is 3.64. The first-order chi connectivity index (χ1) is 7.83. The molecule has 2 atom stereocenters. The van der Waals surface area contributed by atoms with Gasteiger partial charge in [-0.25, -0.2) is 0 Å². The predicted octanol–water partition coefficient (Wildman–Crippen LogP) is 1.32. The van der Waals surface area contributed by atoms with Crippen LogP contribution in [0.4, 0.5) is 0 Å². The van der Waals surface area contributed by atoms with Crippen LogP contribution >= 0.6 is 0 Å². The molecule has 6 nitrogen and oxygen atoms in total. The van der Waals surface area contributed by atoms with E-state index in [-0.39, 0.29) is 12.5 Å². The maximum absolute atomic E-state index is 11.9. The number of carbonyl (C=O) groups is 1. The molecular formula is C10H16N4O2. The van der Waals surface area contributed by atoms with E-state index in [1.165, 1.54) is 0 Å². The number of hydrogen-bond acceptors (Lipinski definition) is 3. The number of hydrogen-bond donors (Lipinski definition) is 0. The fourth-order valence-electron chi connectivity index (χ4n) is 2.68. The molecule has 0 aromatic heterocycles. The predicted molar refractivity (Wildman–Crippen MR) is 57.7 cm³/mol. The number of ether oxygens (including phenoxy) is 1. The molecule has 1 aliphatic heterocycles. The van der Waals surface area contributed by atoms with Crippen molar-refractivity contribution < 1.29 is 9.53 Å². The molecule has 0 aromatic carbocycles. The summed E-state index contributed by atoms with van der Waals surface area (Å²) in [5.74, 6) is 0.401. The van der Waals surface area contributed by atoms with Gasteiger partial charge in [0.25, 0.3) is 0 Å². The summed E-state index contributed by atoms with van der Waals surface area (Å²) < 4.78 is 5.50. The van der Waals surface area contributed by atoms with Crippen LogP contribution in [0.25, 0.3) is 10.4 Å². The first-order valence-electron chi connectivity index (χ1n) is 5.71. The van der Waals surface area contributed by atoms with Crippen molar-refractivity contribution in [3.8, 4) is 0 Å². The minimum atomic E-state index is -0.0697. The van der Waals surface area contributed by atoms with Crippen molar-refractivity contribution in [1.29, 1.82) is 0 Å². The molecule has 0 unspecified atom stereocenters. The summed E-state index contributed by atoms with van der Waals surface area (Å²) in [6, 6.07) is 0.295. The summed E-state index contributed by atoms with van der Waals surface area (Å²) in [4.78, 5) is 16.3. The van der Waals surface area contributed by atoms with E-state index < -0.39 is 0 Å². The van der Waals surface area contributed by atoms with Crippen LogP contribution in [0.2, 0.25) is 0 Å². The van der Waals surface area contributed by atoms with Crippen molar-refractivity contribution in [2.45, 2.75) is 25.3 Å². The van der Waals surface area contributed by atoms with Crippen LogP contribution in [-0.4, -0.2) is 43.2 Å². The molecule has 0 N–H and O–H groups in total. The fraction of sp³-hybridized carbons (Fsp3) is 0.900. The van der Waals surface area contributed by atoms with Crippen LogP contribution in [0, 0.1) is 5.92 Å². The Bertz CT molecular complexity index is 314. The highest BCUT2D eigenvalue weighted by Crippen LogP contribution is 2.31. The number of rotatable bonds is 2. The maximum atomic E-state index is 11.9. The molecule has 2 fully saturated rings. The summed E-state index contributed by atoms with van der Waals surface area (Å²) >= 11 is 0. The molecule has 0 bridgehead atoms. The zero-order valence-electron chi connectivity index (χ0n) is 9.21. The van der Waals surface area contributed by atoms with Crippen molar-refractivity contribution >= 4 is 5.91 Å². The maximum Gasteiger partial charge on any atom is 0.228 e. The van der Waals surface area contributed by atoms with E-state index in [9.17, 15) is 4.79 Å². The monoisotopic (exact) mass is 224 g/mol. The van der Waals surface area contributed by atoms with Gasteiger partial charge in [0.05, 0.1) is 13.2 Å². The zero-order valence-corrected chi connectivity index (χ0v) is 9.21. The lowest BCUT2D eigenvalue weighted by molar-refractivity contribution is -0.132. The van der Waals surface area contributed by atoms with Crippen molar-refractivity contribution in [3.63, 3.8) is 0 Å². The molecule has 6 heteroatoms. The van der Waals surface area contributed by atoms with Gasteiger partial charge >= 0.3 is 0 Å². The third kappa shape index (κ3) is 2.28. The molecule has 2 aliphatic rings. The van der Waals surface area contributed by atoms with E-state index >= 15 is 0 Å². The first kappa shape index (κ1) is 11.2. The summed E-state index contributed by atoms with van der Waals surface area (Å²) in [6.07, 6.45) is 3.34. The van der Waals surface area contributed by atoms with Crippen molar-refractivity contribution in [3.05, 3.63) is 10.4 Å². The van der Waals surface area contributed by atoms with Crippen LogP contribution in [0.5, 0.6) is 0 Å². The summed E-state index contributed by atoms with van der Waals surface area (Å²) in [7, 11) is 0. The van der Waals surface area contributed by atoms with E-state index in [1.54, 1.807) is 0 Å². The highest BCUT2D eigenvalue weighted by atomic mass is 16.5. The standard InChI is InChI=1S/C10H16N4O2/c11-13-12-6-10(15)14-4-5-16-7-8-2-1-3-9(8)14/h8-9H,1-7H2/t8-,9-/m1/s1. The van der Waals surface area contributed by atoms with Gasteiger partial charge in [-0.3, -0.25) is 4.79 Å². The highest BCUT2D eigenvalue weighted by molar-refractivity contribution is 5.78. The molecular weight excluding hydrogens is 208 g/mol. The molecule has 2 rings (SSSR count). The average molecular weight is 224 g/mol. The molecule has 1 amide bonds. The summed E-state index contributed by atoms with van der Waals surface area (Å²) in [5, 5.41) is 3.34. The van der Waals surface area contributed by atoms with E-state index in [0.717, 1.165) is 25.9 Å². The third-order valence-electron chi connectivity index (χ3n) is 3.42. The quantitative estimate of drug-likeness (QED) is 0.403. The van der Waals surface area contributed by atoms with E-state index in [4.69, 9.17) is 10.3 Å². The van der Waals surface area contributed by atoms with Gasteiger partial charge in [0.15, 0.2) is 0 Å². The molecule has 1 heterocycles. The molecule has 0 aromatic rings. The molecule has 1 aliphatic carbocycles. The number of amides is 1. The molecule has 0 spiro atoms. The second-order valence-corrected chi connectivity index (χ2v) is 4.31. The number of carbonyl (C=O) groups excluding carboxylic acids is 1. The third-order valence-corrected chi connectivity index (χ3v) is 3.42. The Morgan fingerprint density at radius 1 is 1.56 bits per heavy atom. The second kappa shape index (κ2) is 5.18. The van der Waals surface area contributed by atoms with Gasteiger partial charge < -0.3 is 9.64 Å². The molecule has 16 heavy (non-hydrogen) atoms. The highest BCUT2D eigenvalue weighted by Gasteiger charge is 2.35. The lowest BCUT2D eigenvalue weighted by Crippen LogP contribution is -2.43. The minimum absolute atomic E-state index is 0.0693. The van der Waals surface area contributed by atoms with Crippen LogP contribution in [0.15, 0.2) is 5.11 Å². The Balaban J connectivity index is 2.05. The fourth-order valence-corrected chi connectivity index (χ4v) is 2.68. The van der Waals surface area contributed by atoms with Crippen LogP contribution < -0.4 is 0 Å². The topological polar surface area (TPSA) is 78.3 Å². The first-order valence-corrected chi connectivity index (χ1v) is 5.71. The smallest absolute Gasteiger partial charge is 0.228 e. The van der Waals surface area contributed by atoms with Crippen LogP contribution in [0.1, 0.15) is 19.3 Å². The van der Waals surface area contributed by atoms with E-state index in [0.29, 0.717) is 25.1 Å². The van der Waals surface area contributed by atoms with Gasteiger partial charge in [-0.1, -0.05) is 11.5 Å². The largest absolute Gasteiger partial charge is 0.379 e. The van der Waals surface area contributed by atoms with Gasteiger partial charge in [0.1, 0.15) is 6.54 Å². The Labute approximate surface area is 94.2 Å². The van der Waals surface area contributed by atoms with E-state index in [2.05, 4.69) is 10.0 Å². The number of azide groups is 1. The van der Waals surface area contributed by atoms with Crippen LogP contribution in [-0.2, 0) is 9.53 Å². The van der Waals surface area contributed by atoms with Crippen molar-refractivity contribution in [1.82, 2.24) is 4.90 Å². The Morgan fingerprint density at radius 2 is 2.44 bits per heavy atom. The van der Waals surface area contributed by atoms with Gasteiger partial charge in [0.2, 0.25) is 5.91 Å². The number of fused-ring (bicyclic) bond motifs is 1. The SMILES string of the molecule is [N-]=[N+]=NCC(=O)N1CCOC[C@H]2CCC[C@H]21. The lowest BCUT2D eigenvalue weighted by atomic mass is 10.0. The molecule has 1 saturated carbocycles. The zero-order chi connectivity index (χ0) is 11.4. The Hall–Kier alpha value is -1.26. The normalized spacial score (nSPS) is 29.1.